The molecule has 0 unspecified atom stereocenters. The highest BCUT2D eigenvalue weighted by Gasteiger charge is 2.30. The molecule has 170 valence electrons. The van der Waals surface area contributed by atoms with Gasteiger partial charge in [0.1, 0.15) is 5.75 Å². The molecule has 0 fully saturated rings. The Kier molecular flexibility index (Phi) is 6.37. The molecule has 1 aromatic heterocycles. The lowest BCUT2D eigenvalue weighted by Crippen LogP contribution is -2.21. The number of para-hydroxylation sites is 1. The van der Waals surface area contributed by atoms with Crippen molar-refractivity contribution in [2.75, 3.05) is 0 Å². The minimum atomic E-state index is -4.47. The second-order valence-electron chi connectivity index (χ2n) is 6.91. The lowest BCUT2D eigenvalue weighted by molar-refractivity contribution is -0.137. The summed E-state index contributed by atoms with van der Waals surface area (Å²) in [6.07, 6.45) is -4.47. The van der Waals surface area contributed by atoms with E-state index in [1.165, 1.54) is 34.9 Å². The zero-order valence-corrected chi connectivity index (χ0v) is 17.5. The molecule has 0 bridgehead atoms. The zero-order valence-electron chi connectivity index (χ0n) is 16.7. The van der Waals surface area contributed by atoms with E-state index < -0.39 is 23.9 Å². The van der Waals surface area contributed by atoms with Crippen LogP contribution in [0.2, 0.25) is 0 Å². The van der Waals surface area contributed by atoms with Gasteiger partial charge in [-0.2, -0.15) is 22.0 Å². The van der Waals surface area contributed by atoms with Crippen molar-refractivity contribution in [3.63, 3.8) is 0 Å². The Bertz CT molecular complexity index is 1340. The molecule has 33 heavy (non-hydrogen) atoms. The van der Waals surface area contributed by atoms with Gasteiger partial charge < -0.3 is 4.74 Å². The van der Waals surface area contributed by atoms with E-state index in [9.17, 15) is 26.7 Å². The first-order valence-electron chi connectivity index (χ1n) is 9.58. The van der Waals surface area contributed by atoms with Gasteiger partial charge in [0.05, 0.1) is 22.2 Å². The summed E-state index contributed by atoms with van der Waals surface area (Å²) in [6.45, 7) is -2.99. The smallest absolute Gasteiger partial charge is 0.416 e. The predicted octanol–water partition coefficient (Wildman–Crippen LogP) is 6.30. The van der Waals surface area contributed by atoms with E-state index in [-0.39, 0.29) is 16.7 Å². The third-order valence-corrected chi connectivity index (χ3v) is 5.70. The van der Waals surface area contributed by atoms with Crippen molar-refractivity contribution in [2.24, 2.45) is 0 Å². The van der Waals surface area contributed by atoms with Crippen molar-refractivity contribution in [1.29, 1.82) is 0 Å². The standard InChI is InChI=1S/C23H15F5N2O2S/c24-21(25)32-17-10-8-16(9-11-17)30-20(31)18-6-1-2-7-19(18)29-22(30)33-13-14-4-3-5-15(12-14)23(26,27)28/h1-12,21H,13H2. The van der Waals surface area contributed by atoms with Crippen LogP contribution in [0.5, 0.6) is 5.75 Å². The number of thioether (sulfide) groups is 1. The van der Waals surface area contributed by atoms with E-state index in [2.05, 4.69) is 9.72 Å². The maximum absolute atomic E-state index is 13.2. The lowest BCUT2D eigenvalue weighted by atomic mass is 10.1. The number of rotatable bonds is 6. The lowest BCUT2D eigenvalue weighted by Gasteiger charge is -2.14. The fourth-order valence-corrected chi connectivity index (χ4v) is 4.15. The zero-order chi connectivity index (χ0) is 23.6. The second kappa shape index (κ2) is 9.22. The summed E-state index contributed by atoms with van der Waals surface area (Å²) in [5.74, 6) is 0.0510. The minimum Gasteiger partial charge on any atom is -0.435 e. The van der Waals surface area contributed by atoms with Crippen LogP contribution in [-0.2, 0) is 11.9 Å². The van der Waals surface area contributed by atoms with E-state index in [1.54, 1.807) is 30.3 Å². The third kappa shape index (κ3) is 5.16. The molecular weight excluding hydrogens is 463 g/mol. The second-order valence-corrected chi connectivity index (χ2v) is 7.85. The van der Waals surface area contributed by atoms with Crippen molar-refractivity contribution >= 4 is 22.7 Å². The molecule has 0 amide bonds. The van der Waals surface area contributed by atoms with E-state index in [1.807, 2.05) is 0 Å². The Labute approximate surface area is 188 Å². The van der Waals surface area contributed by atoms with E-state index in [0.717, 1.165) is 23.9 Å². The molecule has 0 N–H and O–H groups in total. The first kappa shape index (κ1) is 22.8. The summed E-state index contributed by atoms with van der Waals surface area (Å²) in [4.78, 5) is 17.7. The number of hydrogen-bond acceptors (Lipinski definition) is 4. The van der Waals surface area contributed by atoms with Crippen molar-refractivity contribution in [2.45, 2.75) is 23.7 Å². The summed E-state index contributed by atoms with van der Waals surface area (Å²) >= 11 is 1.09. The Morgan fingerprint density at radius 1 is 0.970 bits per heavy atom. The van der Waals surface area contributed by atoms with Gasteiger partial charge in [0.25, 0.3) is 5.56 Å². The summed E-state index contributed by atoms with van der Waals surface area (Å²) in [7, 11) is 0. The number of aromatic nitrogens is 2. The number of hydrogen-bond donors (Lipinski definition) is 0. The fourth-order valence-electron chi connectivity index (χ4n) is 3.20. The molecule has 0 aliphatic carbocycles. The molecule has 0 aliphatic heterocycles. The highest BCUT2D eigenvalue weighted by Crippen LogP contribution is 2.31. The number of nitrogens with zero attached hydrogens (tertiary/aromatic N) is 2. The number of fused-ring (bicyclic) bond motifs is 1. The van der Waals surface area contributed by atoms with Crippen LogP contribution in [0.15, 0.2) is 82.7 Å². The average molecular weight is 478 g/mol. The molecule has 0 saturated heterocycles. The molecule has 0 radical (unpaired) electrons. The Morgan fingerprint density at radius 3 is 2.39 bits per heavy atom. The summed E-state index contributed by atoms with van der Waals surface area (Å²) in [5, 5.41) is 0.590. The molecule has 10 heteroatoms. The van der Waals surface area contributed by atoms with E-state index in [0.29, 0.717) is 22.2 Å². The van der Waals surface area contributed by atoms with Crippen molar-refractivity contribution in [1.82, 2.24) is 9.55 Å². The van der Waals surface area contributed by atoms with Crippen LogP contribution in [0.25, 0.3) is 16.6 Å². The van der Waals surface area contributed by atoms with E-state index in [4.69, 9.17) is 0 Å². The van der Waals surface area contributed by atoms with Crippen LogP contribution in [0, 0.1) is 0 Å². The topological polar surface area (TPSA) is 44.1 Å². The maximum atomic E-state index is 13.2. The largest absolute Gasteiger partial charge is 0.435 e. The van der Waals surface area contributed by atoms with Gasteiger partial charge in [0, 0.05) is 5.75 Å². The van der Waals surface area contributed by atoms with Crippen LogP contribution in [0.3, 0.4) is 0 Å². The van der Waals surface area contributed by atoms with Crippen LogP contribution < -0.4 is 10.3 Å². The molecule has 3 aromatic carbocycles. The average Bonchev–Trinajstić information content (AvgIpc) is 2.78. The van der Waals surface area contributed by atoms with E-state index >= 15 is 0 Å². The number of alkyl halides is 5. The number of ether oxygens (including phenoxy) is 1. The fraction of sp³-hybridized carbons (Fsp3) is 0.130. The monoisotopic (exact) mass is 478 g/mol. The normalized spacial score (nSPS) is 11.8. The highest BCUT2D eigenvalue weighted by atomic mass is 32.2. The van der Waals surface area contributed by atoms with Crippen LogP contribution >= 0.6 is 11.8 Å². The molecule has 1 heterocycles. The van der Waals surface area contributed by atoms with Gasteiger partial charge in [-0.05, 0) is 48.0 Å². The molecule has 4 aromatic rings. The Balaban J connectivity index is 1.74. The quantitative estimate of drug-likeness (QED) is 0.185. The number of benzene rings is 3. The molecule has 0 spiro atoms. The molecule has 0 atom stereocenters. The van der Waals surface area contributed by atoms with Gasteiger partial charge in [-0.15, -0.1) is 0 Å². The highest BCUT2D eigenvalue weighted by molar-refractivity contribution is 7.98. The van der Waals surface area contributed by atoms with Crippen molar-refractivity contribution < 1.29 is 26.7 Å². The van der Waals surface area contributed by atoms with Crippen molar-refractivity contribution in [3.05, 3.63) is 94.3 Å². The molecule has 0 saturated carbocycles. The molecular formula is C23H15F5N2O2S. The number of halogens is 5. The van der Waals surface area contributed by atoms with Crippen LogP contribution in [0.1, 0.15) is 11.1 Å². The summed E-state index contributed by atoms with van der Waals surface area (Å²) in [6, 6.07) is 17.0. The van der Waals surface area contributed by atoms with Gasteiger partial charge >= 0.3 is 12.8 Å². The molecule has 4 rings (SSSR count). The van der Waals surface area contributed by atoms with Gasteiger partial charge in [-0.3, -0.25) is 9.36 Å². The summed E-state index contributed by atoms with van der Waals surface area (Å²) in [5.41, 5.74) is 0.0348. The van der Waals surface area contributed by atoms with Gasteiger partial charge in [0.15, 0.2) is 5.16 Å². The maximum Gasteiger partial charge on any atom is 0.416 e. The summed E-state index contributed by atoms with van der Waals surface area (Å²) < 4.78 is 69.6. The van der Waals surface area contributed by atoms with Crippen molar-refractivity contribution in [3.8, 4) is 11.4 Å². The minimum absolute atomic E-state index is 0.0753. The van der Waals surface area contributed by atoms with Gasteiger partial charge in [-0.25, -0.2) is 4.98 Å². The van der Waals surface area contributed by atoms with Gasteiger partial charge in [-0.1, -0.05) is 42.1 Å². The first-order chi connectivity index (χ1) is 15.7. The third-order valence-electron chi connectivity index (χ3n) is 4.69. The SMILES string of the molecule is O=c1c2ccccc2nc(SCc2cccc(C(F)(F)F)c2)n1-c1ccc(OC(F)F)cc1. The molecule has 4 nitrogen and oxygen atoms in total. The Hall–Kier alpha value is -3.40. The molecule has 0 aliphatic rings. The van der Waals surface area contributed by atoms with Crippen LogP contribution in [-0.4, -0.2) is 16.2 Å². The first-order valence-corrected chi connectivity index (χ1v) is 10.6. The Morgan fingerprint density at radius 2 is 1.70 bits per heavy atom. The van der Waals surface area contributed by atoms with Gasteiger partial charge in [0.2, 0.25) is 0 Å². The predicted molar refractivity (Wildman–Crippen MR) is 115 cm³/mol. The van der Waals surface area contributed by atoms with Crippen LogP contribution in [0.4, 0.5) is 22.0 Å².